The largest absolute Gasteiger partial charge is 0.394 e. The van der Waals surface area contributed by atoms with Crippen molar-refractivity contribution in [3.63, 3.8) is 0 Å². The second-order valence-corrected chi connectivity index (χ2v) is 5.01. The molecule has 3 rings (SSSR count). The highest BCUT2D eigenvalue weighted by Crippen LogP contribution is 2.20. The number of aliphatic hydroxyl groups excluding tert-OH is 1. The average molecular weight is 273 g/mol. The number of anilines is 1. The van der Waals surface area contributed by atoms with Crippen LogP contribution < -0.4 is 4.90 Å². The summed E-state index contributed by atoms with van der Waals surface area (Å²) in [6.07, 6.45) is 4.04. The van der Waals surface area contributed by atoms with Crippen molar-refractivity contribution in [2.24, 2.45) is 0 Å². The van der Waals surface area contributed by atoms with Crippen LogP contribution in [0.4, 0.5) is 5.95 Å². The van der Waals surface area contributed by atoms with E-state index in [1.165, 1.54) is 0 Å². The van der Waals surface area contributed by atoms with E-state index in [1.807, 2.05) is 30.5 Å². The first-order valence-corrected chi connectivity index (χ1v) is 7.06. The SMILES string of the molecule is OCCOC1CCN(c2ncc3ccccc3n2)CC1. The first-order valence-electron chi connectivity index (χ1n) is 7.06. The van der Waals surface area contributed by atoms with Gasteiger partial charge in [-0.05, 0) is 18.9 Å². The van der Waals surface area contributed by atoms with Gasteiger partial charge in [-0.15, -0.1) is 0 Å². The fourth-order valence-electron chi connectivity index (χ4n) is 2.56. The minimum atomic E-state index is 0.0913. The number of hydrogen-bond acceptors (Lipinski definition) is 5. The highest BCUT2D eigenvalue weighted by molar-refractivity contribution is 5.78. The summed E-state index contributed by atoms with van der Waals surface area (Å²) < 4.78 is 5.57. The molecule has 0 saturated carbocycles. The van der Waals surface area contributed by atoms with Crippen LogP contribution in [0.2, 0.25) is 0 Å². The van der Waals surface area contributed by atoms with Crippen molar-refractivity contribution >= 4 is 16.9 Å². The van der Waals surface area contributed by atoms with Crippen molar-refractivity contribution in [2.45, 2.75) is 18.9 Å². The predicted molar refractivity (Wildman–Crippen MR) is 77.8 cm³/mol. The fraction of sp³-hybridized carbons (Fsp3) is 0.467. The summed E-state index contributed by atoms with van der Waals surface area (Å²) >= 11 is 0. The molecule has 1 aromatic heterocycles. The highest BCUT2D eigenvalue weighted by Gasteiger charge is 2.21. The molecule has 2 aromatic rings. The zero-order valence-corrected chi connectivity index (χ0v) is 11.4. The number of para-hydroxylation sites is 1. The molecule has 20 heavy (non-hydrogen) atoms. The summed E-state index contributed by atoms with van der Waals surface area (Å²) in [4.78, 5) is 11.3. The number of aromatic nitrogens is 2. The van der Waals surface area contributed by atoms with Crippen LogP contribution in [0.15, 0.2) is 30.5 Å². The van der Waals surface area contributed by atoms with E-state index in [0.29, 0.717) is 6.61 Å². The Bertz CT molecular complexity index is 568. The molecule has 0 aliphatic carbocycles. The Balaban J connectivity index is 1.67. The van der Waals surface area contributed by atoms with E-state index < -0.39 is 0 Å². The van der Waals surface area contributed by atoms with Gasteiger partial charge < -0.3 is 14.7 Å². The Hall–Kier alpha value is -1.72. The highest BCUT2D eigenvalue weighted by atomic mass is 16.5. The molecule has 1 fully saturated rings. The molecule has 5 heteroatoms. The van der Waals surface area contributed by atoms with Crippen molar-refractivity contribution < 1.29 is 9.84 Å². The monoisotopic (exact) mass is 273 g/mol. The Kier molecular flexibility index (Phi) is 4.08. The molecule has 0 amide bonds. The maximum atomic E-state index is 8.77. The van der Waals surface area contributed by atoms with E-state index >= 15 is 0 Å². The first kappa shape index (κ1) is 13.3. The average Bonchev–Trinajstić information content (AvgIpc) is 2.53. The van der Waals surface area contributed by atoms with Gasteiger partial charge in [-0.3, -0.25) is 0 Å². The van der Waals surface area contributed by atoms with Crippen molar-refractivity contribution in [3.05, 3.63) is 30.5 Å². The second-order valence-electron chi connectivity index (χ2n) is 5.01. The molecule has 1 aromatic carbocycles. The Morgan fingerprint density at radius 1 is 1.25 bits per heavy atom. The predicted octanol–water partition coefficient (Wildman–Crippen LogP) is 1.61. The number of hydrogen-bond donors (Lipinski definition) is 1. The van der Waals surface area contributed by atoms with Crippen LogP contribution >= 0.6 is 0 Å². The van der Waals surface area contributed by atoms with Crippen LogP contribution in [0.3, 0.4) is 0 Å². The van der Waals surface area contributed by atoms with Crippen molar-refractivity contribution in [2.75, 3.05) is 31.2 Å². The van der Waals surface area contributed by atoms with E-state index in [2.05, 4.69) is 14.9 Å². The van der Waals surface area contributed by atoms with Crippen LogP contribution in [0, 0.1) is 0 Å². The first-order chi connectivity index (χ1) is 9.86. The lowest BCUT2D eigenvalue weighted by Crippen LogP contribution is -2.38. The van der Waals surface area contributed by atoms with Crippen LogP contribution in [0.5, 0.6) is 0 Å². The molecule has 0 radical (unpaired) electrons. The maximum Gasteiger partial charge on any atom is 0.225 e. The molecule has 1 aliphatic rings. The minimum absolute atomic E-state index is 0.0913. The van der Waals surface area contributed by atoms with Crippen LogP contribution in [0.25, 0.3) is 10.9 Å². The third-order valence-corrected chi connectivity index (χ3v) is 3.65. The van der Waals surface area contributed by atoms with E-state index in [4.69, 9.17) is 9.84 Å². The molecule has 2 heterocycles. The zero-order chi connectivity index (χ0) is 13.8. The number of fused-ring (bicyclic) bond motifs is 1. The lowest BCUT2D eigenvalue weighted by Gasteiger charge is -2.31. The van der Waals surface area contributed by atoms with Crippen LogP contribution in [-0.2, 0) is 4.74 Å². The van der Waals surface area contributed by atoms with Gasteiger partial charge in [0.05, 0.1) is 24.8 Å². The lowest BCUT2D eigenvalue weighted by atomic mass is 10.1. The Labute approximate surface area is 118 Å². The number of nitrogens with zero attached hydrogens (tertiary/aromatic N) is 3. The molecule has 0 bridgehead atoms. The van der Waals surface area contributed by atoms with Crippen LogP contribution in [-0.4, -0.2) is 47.5 Å². The molecule has 1 N–H and O–H groups in total. The summed E-state index contributed by atoms with van der Waals surface area (Å²) in [6.45, 7) is 2.31. The Morgan fingerprint density at radius 2 is 2.05 bits per heavy atom. The summed E-state index contributed by atoms with van der Waals surface area (Å²) in [5, 5.41) is 9.84. The molecular formula is C15H19N3O2. The summed E-state index contributed by atoms with van der Waals surface area (Å²) in [5.41, 5.74) is 0.983. The van der Waals surface area contributed by atoms with Gasteiger partial charge in [0.25, 0.3) is 0 Å². The molecule has 0 atom stereocenters. The maximum absolute atomic E-state index is 8.77. The molecule has 1 aliphatic heterocycles. The second kappa shape index (κ2) is 6.15. The van der Waals surface area contributed by atoms with Gasteiger partial charge in [0.1, 0.15) is 0 Å². The number of ether oxygens (including phenoxy) is 1. The van der Waals surface area contributed by atoms with Crippen molar-refractivity contribution in [3.8, 4) is 0 Å². The van der Waals surface area contributed by atoms with Gasteiger partial charge in [-0.25, -0.2) is 9.97 Å². The molecule has 0 unspecified atom stereocenters. The standard InChI is InChI=1S/C15H19N3O2/c19-9-10-20-13-5-7-18(8-6-13)15-16-11-12-3-1-2-4-14(12)17-15/h1-4,11,13,19H,5-10H2. The minimum Gasteiger partial charge on any atom is -0.394 e. The number of rotatable bonds is 4. The molecule has 106 valence electrons. The molecule has 0 spiro atoms. The zero-order valence-electron chi connectivity index (χ0n) is 11.4. The summed E-state index contributed by atoms with van der Waals surface area (Å²) in [6, 6.07) is 8.02. The molecule has 1 saturated heterocycles. The van der Waals surface area contributed by atoms with E-state index in [1.54, 1.807) is 0 Å². The normalized spacial score (nSPS) is 16.8. The third kappa shape index (κ3) is 2.89. The number of aliphatic hydroxyl groups is 1. The van der Waals surface area contributed by atoms with E-state index in [-0.39, 0.29) is 12.7 Å². The Morgan fingerprint density at radius 3 is 2.85 bits per heavy atom. The van der Waals surface area contributed by atoms with Gasteiger partial charge >= 0.3 is 0 Å². The third-order valence-electron chi connectivity index (χ3n) is 3.65. The topological polar surface area (TPSA) is 58.5 Å². The lowest BCUT2D eigenvalue weighted by molar-refractivity contribution is 0.0157. The van der Waals surface area contributed by atoms with Gasteiger partial charge in [0, 0.05) is 24.7 Å². The van der Waals surface area contributed by atoms with Gasteiger partial charge in [-0.2, -0.15) is 0 Å². The van der Waals surface area contributed by atoms with Gasteiger partial charge in [0.2, 0.25) is 5.95 Å². The summed E-state index contributed by atoms with van der Waals surface area (Å²) in [5.74, 6) is 0.796. The summed E-state index contributed by atoms with van der Waals surface area (Å²) in [7, 11) is 0. The van der Waals surface area contributed by atoms with Gasteiger partial charge in [0.15, 0.2) is 0 Å². The quantitative estimate of drug-likeness (QED) is 0.917. The smallest absolute Gasteiger partial charge is 0.225 e. The van der Waals surface area contributed by atoms with Crippen LogP contribution in [0.1, 0.15) is 12.8 Å². The molecule has 5 nitrogen and oxygen atoms in total. The van der Waals surface area contributed by atoms with E-state index in [9.17, 15) is 0 Å². The number of piperidine rings is 1. The molecular weight excluding hydrogens is 254 g/mol. The van der Waals surface area contributed by atoms with E-state index in [0.717, 1.165) is 42.8 Å². The number of benzene rings is 1. The fourth-order valence-corrected chi connectivity index (χ4v) is 2.56. The van der Waals surface area contributed by atoms with Crippen molar-refractivity contribution in [1.29, 1.82) is 0 Å². The van der Waals surface area contributed by atoms with Crippen molar-refractivity contribution in [1.82, 2.24) is 9.97 Å². The van der Waals surface area contributed by atoms with Gasteiger partial charge in [-0.1, -0.05) is 18.2 Å².